The Morgan fingerprint density at radius 1 is 1.14 bits per heavy atom. The lowest BCUT2D eigenvalue weighted by molar-refractivity contribution is -0.117. The average molecular weight is 498 g/mol. The van der Waals surface area contributed by atoms with Gasteiger partial charge in [-0.25, -0.2) is 0 Å². The number of hydrogen-bond donors (Lipinski definition) is 4. The van der Waals surface area contributed by atoms with Crippen LogP contribution < -0.4 is 41.5 Å². The lowest BCUT2D eigenvalue weighted by atomic mass is 10.0. The molecule has 1 heterocycles. The molecule has 1 aliphatic rings. The highest BCUT2D eigenvalue weighted by Gasteiger charge is 2.23. The van der Waals surface area contributed by atoms with E-state index < -0.39 is 6.04 Å². The van der Waals surface area contributed by atoms with Gasteiger partial charge in [-0.15, -0.1) is 0 Å². The average Bonchev–Trinajstić information content (AvgIpc) is 3.34. The van der Waals surface area contributed by atoms with Gasteiger partial charge in [-0.3, -0.25) is 14.6 Å². The zero-order chi connectivity index (χ0) is 26.2. The molecular weight excluding hydrogens is 466 g/mol. The van der Waals surface area contributed by atoms with Gasteiger partial charge in [0.15, 0.2) is 23.2 Å². The molecule has 0 aromatic heterocycles. The molecule has 0 spiro atoms. The lowest BCUT2D eigenvalue weighted by Crippen LogP contribution is -2.35. The van der Waals surface area contributed by atoms with Crippen LogP contribution in [0.25, 0.3) is 6.08 Å². The van der Waals surface area contributed by atoms with Crippen LogP contribution in [0.5, 0.6) is 23.0 Å². The Labute approximate surface area is 209 Å². The van der Waals surface area contributed by atoms with E-state index in [2.05, 4.69) is 10.3 Å². The van der Waals surface area contributed by atoms with Crippen LogP contribution in [0.4, 0.5) is 5.69 Å². The van der Waals surface area contributed by atoms with Gasteiger partial charge in [0.2, 0.25) is 18.4 Å². The first-order valence-electron chi connectivity index (χ1n) is 11.2. The molecule has 7 N–H and O–H groups in total. The number of methoxy groups -OCH3 is 2. The van der Waals surface area contributed by atoms with E-state index in [1.54, 1.807) is 43.3 Å². The number of ether oxygens (including phenoxy) is 4. The molecule has 3 rings (SSSR count). The summed E-state index contributed by atoms with van der Waals surface area (Å²) in [5.41, 5.74) is 18.6. The molecule has 0 fully saturated rings. The molecule has 2 aromatic carbocycles. The highest BCUT2D eigenvalue weighted by atomic mass is 16.7. The number of anilines is 1. The zero-order valence-electron chi connectivity index (χ0n) is 20.5. The number of aliphatic imine (C=N–C) groups is 1. The summed E-state index contributed by atoms with van der Waals surface area (Å²) in [7, 11) is 2.99. The highest BCUT2D eigenvalue weighted by Crippen LogP contribution is 2.42. The van der Waals surface area contributed by atoms with Crippen molar-refractivity contribution in [1.82, 2.24) is 0 Å². The van der Waals surface area contributed by atoms with E-state index >= 15 is 0 Å². The van der Waals surface area contributed by atoms with E-state index in [9.17, 15) is 9.59 Å². The highest BCUT2D eigenvalue weighted by molar-refractivity contribution is 6.11. The number of hydrogen-bond acceptors (Lipinski definition) is 8. The molecule has 192 valence electrons. The van der Waals surface area contributed by atoms with Gasteiger partial charge in [0.05, 0.1) is 25.9 Å². The van der Waals surface area contributed by atoms with E-state index in [1.807, 2.05) is 0 Å². The Morgan fingerprint density at radius 2 is 1.89 bits per heavy atom. The third-order valence-corrected chi connectivity index (χ3v) is 5.45. The van der Waals surface area contributed by atoms with Gasteiger partial charge in [-0.05, 0) is 61.2 Å². The molecule has 0 saturated carbocycles. The number of fused-ring (bicyclic) bond motifs is 1. The van der Waals surface area contributed by atoms with Gasteiger partial charge in [0.1, 0.15) is 5.75 Å². The Morgan fingerprint density at radius 3 is 2.58 bits per heavy atom. The quantitative estimate of drug-likeness (QED) is 0.119. The minimum absolute atomic E-state index is 0.00550. The number of ketones is 1. The zero-order valence-corrected chi connectivity index (χ0v) is 20.5. The molecule has 0 radical (unpaired) electrons. The van der Waals surface area contributed by atoms with Crippen LogP contribution in [0.1, 0.15) is 35.7 Å². The molecular formula is C25H31N5O6. The third kappa shape index (κ3) is 6.45. The van der Waals surface area contributed by atoms with Crippen molar-refractivity contribution in [2.24, 2.45) is 22.2 Å². The monoisotopic (exact) mass is 497 g/mol. The number of carbonyl (C=O) groups excluding carboxylic acids is 2. The lowest BCUT2D eigenvalue weighted by Gasteiger charge is -2.15. The number of carbonyl (C=O) groups is 2. The Hall–Kier alpha value is -4.25. The summed E-state index contributed by atoms with van der Waals surface area (Å²) in [5, 5.41) is 2.79. The number of guanidine groups is 1. The topological polar surface area (TPSA) is 174 Å². The molecule has 11 heteroatoms. The molecule has 0 bridgehead atoms. The number of amides is 1. The van der Waals surface area contributed by atoms with E-state index in [0.717, 1.165) is 0 Å². The van der Waals surface area contributed by atoms with Crippen molar-refractivity contribution in [2.75, 3.05) is 32.9 Å². The largest absolute Gasteiger partial charge is 0.495 e. The number of nitrogens with two attached hydrogens (primary N) is 3. The van der Waals surface area contributed by atoms with Crippen molar-refractivity contribution >= 4 is 29.4 Å². The third-order valence-electron chi connectivity index (χ3n) is 5.45. The molecule has 2 aromatic rings. The molecule has 0 aliphatic carbocycles. The van der Waals surface area contributed by atoms with Crippen molar-refractivity contribution < 1.29 is 28.5 Å². The van der Waals surface area contributed by atoms with Gasteiger partial charge in [-0.2, -0.15) is 0 Å². The van der Waals surface area contributed by atoms with Crippen LogP contribution in [0.3, 0.4) is 0 Å². The van der Waals surface area contributed by atoms with Crippen molar-refractivity contribution in [3.63, 3.8) is 0 Å². The fourth-order valence-electron chi connectivity index (χ4n) is 3.59. The molecule has 0 saturated heterocycles. The second-order valence-corrected chi connectivity index (χ2v) is 8.07. The Bertz CT molecular complexity index is 1190. The Balaban J connectivity index is 1.75. The van der Waals surface area contributed by atoms with E-state index in [1.165, 1.54) is 14.2 Å². The maximum atomic E-state index is 13.1. The SMILES string of the molecule is COc1ccc(C=C(C)C(=O)c2cc(OC)c3c(c2)OCO3)cc1NC(=O)C(N)CCCN=C(N)N. The Kier molecular flexibility index (Phi) is 8.74. The van der Waals surface area contributed by atoms with Crippen molar-refractivity contribution in [2.45, 2.75) is 25.8 Å². The second kappa shape index (κ2) is 11.9. The summed E-state index contributed by atoms with van der Waals surface area (Å²) in [6, 6.07) is 7.67. The van der Waals surface area contributed by atoms with E-state index in [4.69, 9.17) is 36.1 Å². The van der Waals surface area contributed by atoms with E-state index in [0.29, 0.717) is 64.8 Å². The second-order valence-electron chi connectivity index (χ2n) is 8.07. The molecule has 1 atom stereocenters. The normalized spacial score (nSPS) is 13.1. The molecule has 1 amide bonds. The van der Waals surface area contributed by atoms with E-state index in [-0.39, 0.29) is 24.4 Å². The van der Waals surface area contributed by atoms with Gasteiger partial charge in [-0.1, -0.05) is 6.07 Å². The van der Waals surface area contributed by atoms with Crippen LogP contribution in [-0.4, -0.2) is 51.2 Å². The van der Waals surface area contributed by atoms with Gasteiger partial charge >= 0.3 is 0 Å². The minimum Gasteiger partial charge on any atom is -0.495 e. The summed E-state index contributed by atoms with van der Waals surface area (Å²) < 4.78 is 21.5. The summed E-state index contributed by atoms with van der Waals surface area (Å²) in [5.74, 6) is 1.21. The van der Waals surface area contributed by atoms with Crippen LogP contribution in [0.15, 0.2) is 40.9 Å². The van der Waals surface area contributed by atoms with Crippen molar-refractivity contribution in [1.29, 1.82) is 0 Å². The number of nitrogens with zero attached hydrogens (tertiary/aromatic N) is 1. The van der Waals surface area contributed by atoms with Gasteiger partial charge in [0, 0.05) is 12.1 Å². The molecule has 36 heavy (non-hydrogen) atoms. The van der Waals surface area contributed by atoms with Crippen LogP contribution in [-0.2, 0) is 4.79 Å². The molecule has 11 nitrogen and oxygen atoms in total. The summed E-state index contributed by atoms with van der Waals surface area (Å²) in [6.45, 7) is 2.16. The standard InChI is InChI=1S/C25H31N5O6/c1-14(22(31)16-11-20(34-3)23-21(12-16)35-13-36-23)9-15-6-7-19(33-2)18(10-15)30-24(32)17(26)5-4-8-29-25(27)28/h6-7,9-12,17H,4-5,8,13,26H2,1-3H3,(H,30,32)(H4,27,28,29). The van der Waals surface area contributed by atoms with Gasteiger partial charge < -0.3 is 41.5 Å². The summed E-state index contributed by atoms with van der Waals surface area (Å²) in [4.78, 5) is 29.6. The number of benzene rings is 2. The van der Waals surface area contributed by atoms with Crippen LogP contribution >= 0.6 is 0 Å². The first-order chi connectivity index (χ1) is 17.2. The predicted molar refractivity (Wildman–Crippen MR) is 137 cm³/mol. The number of Topliss-reactive ketones (excluding diaryl/α,β-unsaturated/α-hetero) is 1. The van der Waals surface area contributed by atoms with Gasteiger partial charge in [0.25, 0.3) is 0 Å². The molecule has 1 aliphatic heterocycles. The van der Waals surface area contributed by atoms with Crippen LogP contribution in [0, 0.1) is 0 Å². The van der Waals surface area contributed by atoms with Crippen molar-refractivity contribution in [3.8, 4) is 23.0 Å². The number of rotatable bonds is 11. The fourth-order valence-corrected chi connectivity index (χ4v) is 3.59. The fraction of sp³-hybridized carbons (Fsp3) is 0.320. The number of nitrogens with one attached hydrogen (secondary N) is 1. The molecule has 1 unspecified atom stereocenters. The minimum atomic E-state index is -0.757. The maximum Gasteiger partial charge on any atom is 0.241 e. The predicted octanol–water partition coefficient (Wildman–Crippen LogP) is 2.04. The summed E-state index contributed by atoms with van der Waals surface area (Å²) >= 11 is 0. The summed E-state index contributed by atoms with van der Waals surface area (Å²) in [6.07, 6.45) is 2.67. The smallest absolute Gasteiger partial charge is 0.241 e. The first kappa shape index (κ1) is 26.4. The van der Waals surface area contributed by atoms with Crippen LogP contribution in [0.2, 0.25) is 0 Å². The first-order valence-corrected chi connectivity index (χ1v) is 11.2. The maximum absolute atomic E-state index is 13.1. The van der Waals surface area contributed by atoms with Crippen molar-refractivity contribution in [3.05, 3.63) is 47.0 Å². The number of allylic oxidation sites excluding steroid dienone is 1.